The van der Waals surface area contributed by atoms with Crippen molar-refractivity contribution in [1.29, 1.82) is 0 Å². The number of carbonyl (C=O) groups excluding carboxylic acids is 1. The Morgan fingerprint density at radius 2 is 1.19 bits per heavy atom. The number of rotatable bonds is 7. The Hall–Kier alpha value is -2.41. The average Bonchev–Trinajstić information content (AvgIpc) is 2.50. The molecule has 106 valence electrons. The van der Waals surface area contributed by atoms with E-state index in [0.717, 1.165) is 24.0 Å². The summed E-state index contributed by atoms with van der Waals surface area (Å²) in [5, 5.41) is 0. The Labute approximate surface area is 126 Å². The number of carbonyl (C=O) groups is 1. The first kappa shape index (κ1) is 15.0. The van der Waals surface area contributed by atoms with Gasteiger partial charge < -0.3 is 0 Å². The number of allylic oxidation sites excluding steroid dienone is 2. The van der Waals surface area contributed by atoms with Gasteiger partial charge >= 0.3 is 0 Å². The van der Waals surface area contributed by atoms with Crippen molar-refractivity contribution in [2.75, 3.05) is 0 Å². The smallest absolute Gasteiger partial charge is 0.167 e. The number of benzene rings is 2. The maximum absolute atomic E-state index is 12.3. The Morgan fingerprint density at radius 3 is 1.67 bits per heavy atom. The summed E-state index contributed by atoms with van der Waals surface area (Å²) >= 11 is 0. The zero-order valence-corrected chi connectivity index (χ0v) is 12.2. The first-order valence-corrected chi connectivity index (χ1v) is 7.14. The summed E-state index contributed by atoms with van der Waals surface area (Å²) in [6.07, 6.45) is 5.87. The molecule has 0 fully saturated rings. The van der Waals surface area contributed by atoms with E-state index in [2.05, 4.69) is 25.3 Å². The van der Waals surface area contributed by atoms with Crippen molar-refractivity contribution >= 4 is 5.78 Å². The predicted octanol–water partition coefficient (Wildman–Crippen LogP) is 4.57. The van der Waals surface area contributed by atoms with Crippen LogP contribution in [0.4, 0.5) is 0 Å². The molecule has 0 radical (unpaired) electrons. The molecule has 0 saturated carbocycles. The van der Waals surface area contributed by atoms with E-state index in [1.807, 2.05) is 48.6 Å². The van der Waals surface area contributed by atoms with Crippen LogP contribution in [-0.2, 0) is 19.3 Å². The topological polar surface area (TPSA) is 17.1 Å². The van der Waals surface area contributed by atoms with Crippen LogP contribution in [0.15, 0.2) is 73.8 Å². The van der Waals surface area contributed by atoms with Crippen molar-refractivity contribution in [3.8, 4) is 0 Å². The third-order valence-corrected chi connectivity index (χ3v) is 3.42. The van der Waals surface area contributed by atoms with Crippen LogP contribution < -0.4 is 0 Å². The lowest BCUT2D eigenvalue weighted by atomic mass is 10.00. The maximum Gasteiger partial charge on any atom is 0.167 e. The molecule has 0 bridgehead atoms. The van der Waals surface area contributed by atoms with E-state index in [4.69, 9.17) is 0 Å². The molecule has 1 nitrogen and oxygen atoms in total. The van der Waals surface area contributed by atoms with Crippen LogP contribution in [0.25, 0.3) is 0 Å². The van der Waals surface area contributed by atoms with Crippen molar-refractivity contribution in [2.45, 2.75) is 19.3 Å². The lowest BCUT2D eigenvalue weighted by molar-refractivity contribution is 0.0993. The van der Waals surface area contributed by atoms with E-state index < -0.39 is 0 Å². The van der Waals surface area contributed by atoms with Crippen LogP contribution >= 0.6 is 0 Å². The summed E-state index contributed by atoms with van der Waals surface area (Å²) in [6, 6.07) is 15.9. The minimum absolute atomic E-state index is 0.150. The van der Waals surface area contributed by atoms with Crippen LogP contribution in [0, 0.1) is 0 Å². The number of Topliss-reactive ketones (excluding diaryl/α,β-unsaturated/α-hetero) is 1. The van der Waals surface area contributed by atoms with Gasteiger partial charge in [0, 0.05) is 12.0 Å². The van der Waals surface area contributed by atoms with Gasteiger partial charge in [-0.2, -0.15) is 0 Å². The second-order valence-electron chi connectivity index (χ2n) is 5.10. The zero-order chi connectivity index (χ0) is 15.1. The van der Waals surface area contributed by atoms with Gasteiger partial charge in [0.2, 0.25) is 0 Å². The fourth-order valence-electron chi connectivity index (χ4n) is 2.24. The second-order valence-corrected chi connectivity index (χ2v) is 5.10. The molecule has 0 saturated heterocycles. The SMILES string of the molecule is C=CCc1ccc(CC(=O)c2ccc(CC=C)cc2)cc1. The average molecular weight is 276 g/mol. The molecule has 0 spiro atoms. The molecule has 0 aliphatic rings. The third kappa shape index (κ3) is 4.28. The molecule has 0 heterocycles. The highest BCUT2D eigenvalue weighted by atomic mass is 16.1. The fraction of sp³-hybridized carbons (Fsp3) is 0.150. The largest absolute Gasteiger partial charge is 0.294 e. The van der Waals surface area contributed by atoms with Crippen LogP contribution in [0.2, 0.25) is 0 Å². The summed E-state index contributed by atoms with van der Waals surface area (Å²) in [7, 11) is 0. The standard InChI is InChI=1S/C20H20O/c1-3-5-16-7-9-18(10-8-16)15-20(21)19-13-11-17(6-4-2)12-14-19/h3-4,7-14H,1-2,5-6,15H2. The molecule has 0 N–H and O–H groups in total. The molecule has 21 heavy (non-hydrogen) atoms. The minimum Gasteiger partial charge on any atom is -0.294 e. The van der Waals surface area contributed by atoms with Gasteiger partial charge in [0.15, 0.2) is 5.78 Å². The molecule has 1 heteroatoms. The highest BCUT2D eigenvalue weighted by Gasteiger charge is 2.07. The molecule has 0 aliphatic heterocycles. The van der Waals surface area contributed by atoms with Crippen LogP contribution in [0.3, 0.4) is 0 Å². The Morgan fingerprint density at radius 1 is 0.762 bits per heavy atom. The molecule has 0 amide bonds. The summed E-state index contributed by atoms with van der Waals surface area (Å²) in [5.41, 5.74) is 4.20. The van der Waals surface area contributed by atoms with E-state index in [1.165, 1.54) is 11.1 Å². The maximum atomic E-state index is 12.3. The van der Waals surface area contributed by atoms with E-state index in [0.29, 0.717) is 6.42 Å². The quantitative estimate of drug-likeness (QED) is 0.535. The van der Waals surface area contributed by atoms with E-state index in [1.54, 1.807) is 0 Å². The molecule has 2 aromatic carbocycles. The van der Waals surface area contributed by atoms with Crippen LogP contribution in [0.5, 0.6) is 0 Å². The molecule has 2 aromatic rings. The molecular weight excluding hydrogens is 256 g/mol. The van der Waals surface area contributed by atoms with Gasteiger partial charge in [0.05, 0.1) is 0 Å². The Kier molecular flexibility index (Phi) is 5.28. The highest BCUT2D eigenvalue weighted by molar-refractivity contribution is 5.97. The van der Waals surface area contributed by atoms with Gasteiger partial charge in [0.1, 0.15) is 0 Å². The zero-order valence-electron chi connectivity index (χ0n) is 12.2. The van der Waals surface area contributed by atoms with Crippen LogP contribution in [0.1, 0.15) is 27.0 Å². The molecule has 0 unspecified atom stereocenters. The first-order valence-electron chi connectivity index (χ1n) is 7.14. The normalized spacial score (nSPS) is 10.1. The van der Waals surface area contributed by atoms with Gasteiger partial charge in [-0.1, -0.05) is 60.7 Å². The molecule has 0 aliphatic carbocycles. The third-order valence-electron chi connectivity index (χ3n) is 3.42. The summed E-state index contributed by atoms with van der Waals surface area (Å²) in [4.78, 5) is 12.3. The summed E-state index contributed by atoms with van der Waals surface area (Å²) in [5.74, 6) is 0.150. The van der Waals surface area contributed by atoms with Crippen molar-refractivity contribution in [2.24, 2.45) is 0 Å². The number of hydrogen-bond acceptors (Lipinski definition) is 1. The number of hydrogen-bond donors (Lipinski definition) is 0. The molecule has 0 aromatic heterocycles. The monoisotopic (exact) mass is 276 g/mol. The summed E-state index contributed by atoms with van der Waals surface area (Å²) < 4.78 is 0. The minimum atomic E-state index is 0.150. The van der Waals surface area contributed by atoms with Crippen molar-refractivity contribution in [1.82, 2.24) is 0 Å². The Balaban J connectivity index is 2.03. The van der Waals surface area contributed by atoms with E-state index in [-0.39, 0.29) is 5.78 Å². The van der Waals surface area contributed by atoms with Gasteiger partial charge in [0.25, 0.3) is 0 Å². The highest BCUT2D eigenvalue weighted by Crippen LogP contribution is 2.11. The van der Waals surface area contributed by atoms with Crippen molar-refractivity contribution in [3.63, 3.8) is 0 Å². The van der Waals surface area contributed by atoms with Crippen molar-refractivity contribution in [3.05, 3.63) is 96.1 Å². The Bertz CT molecular complexity index is 618. The molecular formula is C20H20O. The lowest BCUT2D eigenvalue weighted by Gasteiger charge is -2.04. The number of ketones is 1. The van der Waals surface area contributed by atoms with E-state index >= 15 is 0 Å². The molecule has 2 rings (SSSR count). The first-order chi connectivity index (χ1) is 10.2. The van der Waals surface area contributed by atoms with Crippen LogP contribution in [-0.4, -0.2) is 5.78 Å². The van der Waals surface area contributed by atoms with Gasteiger partial charge in [-0.05, 0) is 29.5 Å². The van der Waals surface area contributed by atoms with Gasteiger partial charge in [-0.25, -0.2) is 0 Å². The van der Waals surface area contributed by atoms with E-state index in [9.17, 15) is 4.79 Å². The fourth-order valence-corrected chi connectivity index (χ4v) is 2.24. The van der Waals surface area contributed by atoms with Gasteiger partial charge in [-0.3, -0.25) is 4.79 Å². The lowest BCUT2D eigenvalue weighted by Crippen LogP contribution is -2.03. The second kappa shape index (κ2) is 7.39. The van der Waals surface area contributed by atoms with Gasteiger partial charge in [-0.15, -0.1) is 13.2 Å². The van der Waals surface area contributed by atoms with Crippen molar-refractivity contribution < 1.29 is 4.79 Å². The summed E-state index contributed by atoms with van der Waals surface area (Å²) in [6.45, 7) is 7.44. The predicted molar refractivity (Wildman–Crippen MR) is 88.7 cm³/mol. The molecule has 0 atom stereocenters.